The van der Waals surface area contributed by atoms with Gasteiger partial charge in [-0.2, -0.15) is 12.7 Å². The number of nitrogens with two attached hydrogens (primary N) is 1. The first-order valence-electron chi connectivity index (χ1n) is 9.23. The van der Waals surface area contributed by atoms with Crippen LogP contribution in [0.5, 0.6) is 0 Å². The van der Waals surface area contributed by atoms with Crippen LogP contribution in [0.1, 0.15) is 30.4 Å². The van der Waals surface area contributed by atoms with Crippen LogP contribution < -0.4 is 10.0 Å². The Labute approximate surface area is 155 Å². The average molecular weight is 375 g/mol. The van der Waals surface area contributed by atoms with Crippen LogP contribution in [-0.4, -0.2) is 43.4 Å². The number of benzene rings is 1. The molecule has 7 heteroatoms. The maximum atomic E-state index is 11.7. The molecule has 4 rings (SSSR count). The maximum absolute atomic E-state index is 11.7. The van der Waals surface area contributed by atoms with E-state index in [4.69, 9.17) is 5.14 Å². The Morgan fingerprint density at radius 1 is 1.23 bits per heavy atom. The van der Waals surface area contributed by atoms with Crippen molar-refractivity contribution in [1.82, 2.24) is 9.29 Å². The molecule has 2 aliphatic rings. The van der Waals surface area contributed by atoms with Crippen LogP contribution in [0.15, 0.2) is 24.4 Å². The zero-order valence-electron chi connectivity index (χ0n) is 15.4. The molecule has 1 aromatic heterocycles. The molecule has 6 nitrogen and oxygen atoms in total. The van der Waals surface area contributed by atoms with E-state index in [0.717, 1.165) is 37.9 Å². The van der Waals surface area contributed by atoms with Crippen LogP contribution in [0.4, 0.5) is 5.69 Å². The average Bonchev–Trinajstić information content (AvgIpc) is 3.34. The van der Waals surface area contributed by atoms with Crippen molar-refractivity contribution in [3.05, 3.63) is 35.5 Å². The lowest BCUT2D eigenvalue weighted by Gasteiger charge is -2.42. The van der Waals surface area contributed by atoms with E-state index in [9.17, 15) is 8.42 Å². The highest BCUT2D eigenvalue weighted by atomic mass is 32.2. The number of rotatable bonds is 6. The summed E-state index contributed by atoms with van der Waals surface area (Å²) in [4.78, 5) is 6.87. The molecule has 0 radical (unpaired) electrons. The van der Waals surface area contributed by atoms with E-state index in [2.05, 4.69) is 41.9 Å². The molecule has 1 aromatic carbocycles. The Morgan fingerprint density at radius 2 is 1.92 bits per heavy atom. The predicted octanol–water partition coefficient (Wildman–Crippen LogP) is 2.35. The van der Waals surface area contributed by atoms with Gasteiger partial charge >= 0.3 is 0 Å². The lowest BCUT2D eigenvalue weighted by Crippen LogP contribution is -2.49. The van der Waals surface area contributed by atoms with Crippen LogP contribution in [-0.2, 0) is 10.2 Å². The molecular weight excluding hydrogens is 348 g/mol. The van der Waals surface area contributed by atoms with Crippen LogP contribution in [0.3, 0.4) is 0 Å². The molecular formula is C19H26N4O2S. The smallest absolute Gasteiger partial charge is 0.277 e. The topological polar surface area (TPSA) is 79.5 Å². The number of aryl methyl sites for hydroxylation is 2. The van der Waals surface area contributed by atoms with Crippen molar-refractivity contribution in [2.24, 2.45) is 11.1 Å². The van der Waals surface area contributed by atoms with Crippen molar-refractivity contribution in [2.75, 3.05) is 24.5 Å². The maximum Gasteiger partial charge on any atom is 0.277 e. The summed E-state index contributed by atoms with van der Waals surface area (Å²) in [5, 5.41) is 6.55. The SMILES string of the molecule is Cc1cc2nccc(N3CC(CCN(C4CC4)S(N)(=O)=O)C3)c2cc1C. The van der Waals surface area contributed by atoms with Gasteiger partial charge in [-0.25, -0.2) is 5.14 Å². The van der Waals surface area contributed by atoms with Gasteiger partial charge in [0.2, 0.25) is 0 Å². The molecule has 2 heterocycles. The van der Waals surface area contributed by atoms with Gasteiger partial charge < -0.3 is 4.90 Å². The number of fused-ring (bicyclic) bond motifs is 1. The summed E-state index contributed by atoms with van der Waals surface area (Å²) in [6.07, 6.45) is 4.62. The number of pyridine rings is 1. The molecule has 0 unspecified atom stereocenters. The van der Waals surface area contributed by atoms with Crippen molar-refractivity contribution in [2.45, 2.75) is 39.2 Å². The molecule has 26 heavy (non-hydrogen) atoms. The van der Waals surface area contributed by atoms with Crippen LogP contribution in [0.2, 0.25) is 0 Å². The third kappa shape index (κ3) is 3.43. The molecule has 140 valence electrons. The summed E-state index contributed by atoms with van der Waals surface area (Å²) >= 11 is 0. The van der Waals surface area contributed by atoms with Gasteiger partial charge in [0.1, 0.15) is 0 Å². The van der Waals surface area contributed by atoms with Gasteiger partial charge in [-0.1, -0.05) is 0 Å². The zero-order chi connectivity index (χ0) is 18.5. The largest absolute Gasteiger partial charge is 0.370 e. The predicted molar refractivity (Wildman–Crippen MR) is 104 cm³/mol. The van der Waals surface area contributed by atoms with Crippen LogP contribution >= 0.6 is 0 Å². The van der Waals surface area contributed by atoms with E-state index in [1.165, 1.54) is 26.5 Å². The molecule has 0 amide bonds. The summed E-state index contributed by atoms with van der Waals surface area (Å²) in [5.74, 6) is 0.507. The fourth-order valence-electron chi connectivity index (χ4n) is 3.81. The molecule has 1 aliphatic heterocycles. The first-order valence-corrected chi connectivity index (χ1v) is 10.7. The standard InChI is InChI=1S/C19H26N4O2S/c1-13-9-17-18(10-14(13)2)21-7-5-19(17)22-11-15(12-22)6-8-23(16-3-4-16)26(20,24)25/h5,7,9-10,15-16H,3-4,6,8,11-12H2,1-2H3,(H2,20,24,25). The van der Waals surface area contributed by atoms with E-state index >= 15 is 0 Å². The summed E-state index contributed by atoms with van der Waals surface area (Å²) in [6, 6.07) is 6.58. The number of anilines is 1. The first-order chi connectivity index (χ1) is 12.3. The van der Waals surface area contributed by atoms with Gasteiger partial charge in [0.25, 0.3) is 10.2 Å². The Balaban J connectivity index is 1.42. The van der Waals surface area contributed by atoms with Crippen molar-refractivity contribution >= 4 is 26.8 Å². The molecule has 2 N–H and O–H groups in total. The van der Waals surface area contributed by atoms with Crippen molar-refractivity contribution in [1.29, 1.82) is 0 Å². The number of hydrogen-bond acceptors (Lipinski definition) is 4. The first kappa shape index (κ1) is 17.7. The number of hydrogen-bond donors (Lipinski definition) is 1. The third-order valence-electron chi connectivity index (χ3n) is 5.67. The summed E-state index contributed by atoms with van der Waals surface area (Å²) in [7, 11) is -3.57. The van der Waals surface area contributed by atoms with E-state index in [0.29, 0.717) is 12.5 Å². The molecule has 0 spiro atoms. The van der Waals surface area contributed by atoms with Crippen LogP contribution in [0.25, 0.3) is 10.9 Å². The van der Waals surface area contributed by atoms with Gasteiger partial charge in [0.05, 0.1) is 5.52 Å². The Morgan fingerprint density at radius 3 is 2.58 bits per heavy atom. The van der Waals surface area contributed by atoms with Crippen molar-refractivity contribution in [3.8, 4) is 0 Å². The van der Waals surface area contributed by atoms with Crippen molar-refractivity contribution in [3.63, 3.8) is 0 Å². The molecule has 2 aromatic rings. The fraction of sp³-hybridized carbons (Fsp3) is 0.526. The molecule has 2 fully saturated rings. The van der Waals surface area contributed by atoms with Gasteiger partial charge in [0.15, 0.2) is 0 Å². The zero-order valence-corrected chi connectivity index (χ0v) is 16.2. The second-order valence-electron chi connectivity index (χ2n) is 7.73. The van der Waals surface area contributed by atoms with Gasteiger partial charge in [-0.15, -0.1) is 0 Å². The fourth-order valence-corrected chi connectivity index (χ4v) is 4.79. The van der Waals surface area contributed by atoms with E-state index in [1.54, 1.807) is 0 Å². The van der Waals surface area contributed by atoms with Gasteiger partial charge in [-0.05, 0) is 68.4 Å². The minimum absolute atomic E-state index is 0.136. The Hall–Kier alpha value is -1.70. The van der Waals surface area contributed by atoms with Crippen LogP contribution in [0, 0.1) is 19.8 Å². The quantitative estimate of drug-likeness (QED) is 0.842. The van der Waals surface area contributed by atoms with E-state index in [-0.39, 0.29) is 6.04 Å². The lowest BCUT2D eigenvalue weighted by molar-refractivity contribution is 0.320. The molecule has 0 bridgehead atoms. The van der Waals surface area contributed by atoms with Gasteiger partial charge in [0, 0.05) is 42.9 Å². The molecule has 1 saturated carbocycles. The normalized spacial score (nSPS) is 18.5. The monoisotopic (exact) mass is 374 g/mol. The summed E-state index contributed by atoms with van der Waals surface area (Å²) in [5.41, 5.74) is 4.78. The Kier molecular flexibility index (Phi) is 4.41. The minimum Gasteiger partial charge on any atom is -0.370 e. The number of aromatic nitrogens is 1. The molecule has 1 aliphatic carbocycles. The second kappa shape index (κ2) is 6.48. The lowest BCUT2D eigenvalue weighted by atomic mass is 9.94. The summed E-state index contributed by atoms with van der Waals surface area (Å²) in [6.45, 7) is 6.69. The highest BCUT2D eigenvalue weighted by molar-refractivity contribution is 7.86. The van der Waals surface area contributed by atoms with E-state index in [1.807, 2.05) is 6.20 Å². The van der Waals surface area contributed by atoms with Crippen molar-refractivity contribution < 1.29 is 8.42 Å². The highest BCUT2D eigenvalue weighted by Gasteiger charge is 2.37. The van der Waals surface area contributed by atoms with E-state index < -0.39 is 10.2 Å². The summed E-state index contributed by atoms with van der Waals surface area (Å²) < 4.78 is 24.9. The Bertz CT molecular complexity index is 934. The highest BCUT2D eigenvalue weighted by Crippen LogP contribution is 2.34. The minimum atomic E-state index is -3.57. The number of nitrogens with zero attached hydrogens (tertiary/aromatic N) is 3. The molecule has 1 saturated heterocycles. The molecule has 0 atom stereocenters. The third-order valence-corrected chi connectivity index (χ3v) is 6.81. The second-order valence-corrected chi connectivity index (χ2v) is 9.23. The van der Waals surface area contributed by atoms with Gasteiger partial charge in [-0.3, -0.25) is 4.98 Å².